The number of fused-ring (bicyclic) bond motifs is 5. The molecule has 0 amide bonds. The maximum absolute atomic E-state index is 14.0. The summed E-state index contributed by atoms with van der Waals surface area (Å²) in [5.41, 5.74) is -0.250. The second-order valence-electron chi connectivity index (χ2n) is 12.1. The highest BCUT2D eigenvalue weighted by Crippen LogP contribution is 2.46. The number of benzene rings is 1. The van der Waals surface area contributed by atoms with Crippen LogP contribution in [0.3, 0.4) is 0 Å². The predicted octanol–water partition coefficient (Wildman–Crippen LogP) is 3.55. The Labute approximate surface area is 220 Å². The minimum absolute atomic E-state index is 0.0324. The maximum atomic E-state index is 14.0. The van der Waals surface area contributed by atoms with E-state index in [0.29, 0.717) is 23.6 Å². The van der Waals surface area contributed by atoms with Crippen LogP contribution in [0.15, 0.2) is 44.8 Å². The molecule has 2 saturated heterocycles. The van der Waals surface area contributed by atoms with Gasteiger partial charge in [0.05, 0.1) is 11.0 Å². The zero-order valence-corrected chi connectivity index (χ0v) is 21.8. The van der Waals surface area contributed by atoms with E-state index in [-0.39, 0.29) is 17.4 Å². The van der Waals surface area contributed by atoms with Gasteiger partial charge in [0.2, 0.25) is 5.82 Å². The molecule has 0 unspecified atom stereocenters. The highest BCUT2D eigenvalue weighted by atomic mass is 16.2. The van der Waals surface area contributed by atoms with Crippen molar-refractivity contribution in [2.24, 2.45) is 11.8 Å². The van der Waals surface area contributed by atoms with E-state index in [1.165, 1.54) is 64.2 Å². The Morgan fingerprint density at radius 2 is 1.47 bits per heavy atom. The smallest absolute Gasteiger partial charge is 0.300 e. The van der Waals surface area contributed by atoms with Gasteiger partial charge in [0.25, 0.3) is 11.1 Å². The molecule has 4 fully saturated rings. The first-order valence-corrected chi connectivity index (χ1v) is 14.5. The van der Waals surface area contributed by atoms with E-state index in [2.05, 4.69) is 20.0 Å². The maximum Gasteiger partial charge on any atom is 0.351 e. The van der Waals surface area contributed by atoms with Crippen molar-refractivity contribution >= 4 is 11.0 Å². The van der Waals surface area contributed by atoms with Gasteiger partial charge >= 0.3 is 5.69 Å². The summed E-state index contributed by atoms with van der Waals surface area (Å²) in [7, 11) is 0. The lowest BCUT2D eigenvalue weighted by atomic mass is 9.73. The van der Waals surface area contributed by atoms with Crippen molar-refractivity contribution in [1.82, 2.24) is 29.2 Å². The minimum atomic E-state index is -0.755. The van der Waals surface area contributed by atoms with Crippen LogP contribution < -0.4 is 16.8 Å². The van der Waals surface area contributed by atoms with Gasteiger partial charge in [-0.2, -0.15) is 9.78 Å². The van der Waals surface area contributed by atoms with Crippen LogP contribution in [-0.2, 0) is 0 Å². The molecular formula is C29H36N6O3. The summed E-state index contributed by atoms with van der Waals surface area (Å²) >= 11 is 0. The number of hydrogen-bond acceptors (Lipinski definition) is 6. The van der Waals surface area contributed by atoms with E-state index in [0.717, 1.165) is 41.1 Å². The summed E-state index contributed by atoms with van der Waals surface area (Å²) in [4.78, 5) is 47.8. The number of nitrogens with zero attached hydrogens (tertiary/aromatic N) is 5. The quantitative estimate of drug-likeness (QED) is 0.571. The largest absolute Gasteiger partial charge is 0.351 e. The molecule has 200 valence electrons. The van der Waals surface area contributed by atoms with Crippen LogP contribution in [-0.4, -0.2) is 47.3 Å². The molecule has 2 aliphatic heterocycles. The van der Waals surface area contributed by atoms with Crippen LogP contribution in [0.1, 0.15) is 83.1 Å². The van der Waals surface area contributed by atoms with Crippen molar-refractivity contribution in [2.45, 2.75) is 101 Å². The lowest BCUT2D eigenvalue weighted by molar-refractivity contribution is -0.0420. The number of H-pyrrole nitrogens is 1. The van der Waals surface area contributed by atoms with Gasteiger partial charge in [-0.25, -0.2) is 9.78 Å². The van der Waals surface area contributed by atoms with Gasteiger partial charge in [-0.15, -0.1) is 0 Å². The van der Waals surface area contributed by atoms with Crippen LogP contribution in [0.2, 0.25) is 0 Å². The number of rotatable bonds is 3. The molecule has 2 aromatic heterocycles. The summed E-state index contributed by atoms with van der Waals surface area (Å²) in [5, 5.41) is 3.94. The third-order valence-electron chi connectivity index (χ3n) is 9.84. The number of piperidine rings is 2. The van der Waals surface area contributed by atoms with Gasteiger partial charge in [0.15, 0.2) is 0 Å². The molecule has 1 N–H and O–H groups in total. The Morgan fingerprint density at radius 1 is 0.763 bits per heavy atom. The fourth-order valence-corrected chi connectivity index (χ4v) is 8.45. The Morgan fingerprint density at radius 3 is 2.18 bits per heavy atom. The van der Waals surface area contributed by atoms with E-state index >= 15 is 0 Å². The number of aromatic amines is 1. The SMILES string of the molecule is O=c1cnn(-c2nc3ccccc3n([C@H]3C[C@H]4CCC[C@@H](C3)N4[C@@H]3C[C@@H]4CCCC[C@@H](C4)C3)c2=O)c(=O)[nH]1. The van der Waals surface area contributed by atoms with Gasteiger partial charge in [0.1, 0.15) is 6.20 Å². The number of aromatic nitrogens is 5. The Kier molecular flexibility index (Phi) is 6.06. The third-order valence-corrected chi connectivity index (χ3v) is 9.84. The highest BCUT2D eigenvalue weighted by Gasteiger charge is 2.45. The average Bonchev–Trinajstić information content (AvgIpc) is 3.07. The molecule has 4 bridgehead atoms. The Bertz CT molecular complexity index is 1500. The predicted molar refractivity (Wildman–Crippen MR) is 145 cm³/mol. The number of para-hydroxylation sites is 2. The van der Waals surface area contributed by atoms with Crippen molar-refractivity contribution in [3.63, 3.8) is 0 Å². The molecule has 6 atom stereocenters. The summed E-state index contributed by atoms with van der Waals surface area (Å²) in [6.07, 6.45) is 16.2. The fraction of sp³-hybridized carbons (Fsp3) is 0.621. The van der Waals surface area contributed by atoms with Crippen LogP contribution >= 0.6 is 0 Å². The standard InChI is InChI=1S/C29H36N6O3/c36-26-17-30-35(29(38)32-26)27-28(37)34(25-11-4-3-10-24(25)31-27)23-15-20-8-5-9-21(16-23)33(20)22-13-18-6-1-2-7-19(12-18)14-22/h3-4,10-11,17-23H,1-2,5-9,12-16H2,(H,32,36,38)/t18-,19+,20-,21+,22-,23+. The lowest BCUT2D eigenvalue weighted by Crippen LogP contribution is -2.58. The van der Waals surface area contributed by atoms with Crippen LogP contribution in [0.25, 0.3) is 16.9 Å². The third kappa shape index (κ3) is 4.15. The van der Waals surface area contributed by atoms with Gasteiger partial charge in [0, 0.05) is 24.2 Å². The van der Waals surface area contributed by atoms with E-state index in [4.69, 9.17) is 0 Å². The van der Waals surface area contributed by atoms with Crippen LogP contribution in [0, 0.1) is 11.8 Å². The van der Waals surface area contributed by atoms with Gasteiger partial charge in [-0.3, -0.25) is 19.5 Å². The van der Waals surface area contributed by atoms with Crippen LogP contribution in [0.4, 0.5) is 0 Å². The van der Waals surface area contributed by atoms with E-state index in [1.807, 2.05) is 28.8 Å². The summed E-state index contributed by atoms with van der Waals surface area (Å²) in [5.74, 6) is 1.71. The normalized spacial score (nSPS) is 31.7. The Balaban J connectivity index is 1.27. The van der Waals surface area contributed by atoms with Crippen molar-refractivity contribution in [2.75, 3.05) is 0 Å². The Hall–Kier alpha value is -3.07. The van der Waals surface area contributed by atoms with Gasteiger partial charge in [-0.1, -0.05) is 44.2 Å². The second kappa shape index (κ2) is 9.59. The van der Waals surface area contributed by atoms with Crippen molar-refractivity contribution in [1.29, 1.82) is 0 Å². The molecule has 38 heavy (non-hydrogen) atoms. The van der Waals surface area contributed by atoms with Crippen molar-refractivity contribution in [3.8, 4) is 5.82 Å². The summed E-state index contributed by atoms with van der Waals surface area (Å²) in [6.45, 7) is 0. The first kappa shape index (κ1) is 24.0. The molecule has 7 rings (SSSR count). The van der Waals surface area contributed by atoms with Crippen LogP contribution in [0.5, 0.6) is 0 Å². The first-order chi connectivity index (χ1) is 18.5. The van der Waals surface area contributed by atoms with Crippen molar-refractivity contribution < 1.29 is 0 Å². The summed E-state index contributed by atoms with van der Waals surface area (Å²) < 4.78 is 2.80. The van der Waals surface area contributed by atoms with Gasteiger partial charge in [-0.05, 0) is 68.9 Å². The van der Waals surface area contributed by atoms with E-state index < -0.39 is 11.2 Å². The molecule has 1 aromatic carbocycles. The molecule has 9 nitrogen and oxygen atoms in total. The summed E-state index contributed by atoms with van der Waals surface area (Å²) in [6, 6.07) is 9.31. The van der Waals surface area contributed by atoms with E-state index in [9.17, 15) is 14.4 Å². The molecule has 0 spiro atoms. The monoisotopic (exact) mass is 516 g/mol. The zero-order chi connectivity index (χ0) is 25.8. The molecular weight excluding hydrogens is 480 g/mol. The molecule has 4 heterocycles. The van der Waals surface area contributed by atoms with Gasteiger partial charge < -0.3 is 4.57 Å². The molecule has 0 radical (unpaired) electrons. The molecule has 4 aliphatic rings. The number of nitrogens with one attached hydrogen (secondary N) is 1. The topological polar surface area (TPSA) is 106 Å². The molecule has 2 aliphatic carbocycles. The fourth-order valence-electron chi connectivity index (χ4n) is 8.45. The second-order valence-corrected chi connectivity index (χ2v) is 12.1. The number of hydrogen-bond donors (Lipinski definition) is 1. The molecule has 9 heteroatoms. The highest BCUT2D eigenvalue weighted by molar-refractivity contribution is 5.75. The first-order valence-electron chi connectivity index (χ1n) is 14.5. The minimum Gasteiger partial charge on any atom is -0.300 e. The lowest BCUT2D eigenvalue weighted by Gasteiger charge is -2.54. The molecule has 3 aromatic rings. The van der Waals surface area contributed by atoms with E-state index in [1.54, 1.807) is 0 Å². The van der Waals surface area contributed by atoms with Crippen molar-refractivity contribution in [3.05, 3.63) is 61.7 Å². The average molecular weight is 517 g/mol. The molecule has 2 saturated carbocycles. The zero-order valence-electron chi connectivity index (χ0n) is 21.8.